The molecular formula is C23H28FN3O2S. The van der Waals surface area contributed by atoms with Crippen LogP contribution in [-0.4, -0.2) is 49.6 Å². The number of fused-ring (bicyclic) bond motifs is 1. The Labute approximate surface area is 181 Å². The summed E-state index contributed by atoms with van der Waals surface area (Å²) >= 11 is 1.33. The number of anilines is 1. The first-order chi connectivity index (χ1) is 14.5. The van der Waals surface area contributed by atoms with Gasteiger partial charge in [-0.1, -0.05) is 30.7 Å². The van der Waals surface area contributed by atoms with Gasteiger partial charge in [0.2, 0.25) is 0 Å². The Hall–Kier alpha value is -2.51. The fourth-order valence-corrected chi connectivity index (χ4v) is 4.04. The van der Waals surface area contributed by atoms with E-state index in [9.17, 15) is 9.18 Å². The molecule has 0 saturated carbocycles. The van der Waals surface area contributed by atoms with Gasteiger partial charge in [-0.2, -0.15) is 0 Å². The predicted octanol–water partition coefficient (Wildman–Crippen LogP) is 5.21. The molecule has 1 aromatic heterocycles. The topological polar surface area (TPSA) is 45.7 Å². The van der Waals surface area contributed by atoms with E-state index < -0.39 is 0 Å². The van der Waals surface area contributed by atoms with Crippen molar-refractivity contribution in [3.63, 3.8) is 0 Å². The van der Waals surface area contributed by atoms with Crippen molar-refractivity contribution in [3.05, 3.63) is 53.8 Å². The molecule has 0 radical (unpaired) electrons. The van der Waals surface area contributed by atoms with Crippen molar-refractivity contribution in [1.29, 1.82) is 0 Å². The van der Waals surface area contributed by atoms with Gasteiger partial charge in [-0.3, -0.25) is 9.69 Å². The van der Waals surface area contributed by atoms with Gasteiger partial charge in [0.25, 0.3) is 5.91 Å². The van der Waals surface area contributed by atoms with Crippen LogP contribution in [-0.2, 0) is 0 Å². The van der Waals surface area contributed by atoms with Gasteiger partial charge in [-0.25, -0.2) is 9.37 Å². The number of rotatable bonds is 10. The highest BCUT2D eigenvalue weighted by Crippen LogP contribution is 2.31. The van der Waals surface area contributed by atoms with Gasteiger partial charge in [-0.15, -0.1) is 0 Å². The summed E-state index contributed by atoms with van der Waals surface area (Å²) in [4.78, 5) is 21.5. The zero-order valence-corrected chi connectivity index (χ0v) is 18.5. The number of halogens is 1. The second kappa shape index (κ2) is 10.5. The van der Waals surface area contributed by atoms with Gasteiger partial charge >= 0.3 is 0 Å². The Morgan fingerprint density at radius 3 is 2.53 bits per heavy atom. The van der Waals surface area contributed by atoms with E-state index >= 15 is 0 Å². The van der Waals surface area contributed by atoms with Gasteiger partial charge in [0, 0.05) is 12.1 Å². The minimum Gasteiger partial charge on any atom is -0.494 e. The van der Waals surface area contributed by atoms with Gasteiger partial charge in [0.05, 0.1) is 11.3 Å². The quantitative estimate of drug-likeness (QED) is 0.415. The molecular weight excluding hydrogens is 401 g/mol. The van der Waals surface area contributed by atoms with Crippen LogP contribution in [0.25, 0.3) is 10.2 Å². The Morgan fingerprint density at radius 2 is 1.87 bits per heavy atom. The summed E-state index contributed by atoms with van der Waals surface area (Å²) in [7, 11) is 3.99. The van der Waals surface area contributed by atoms with Gasteiger partial charge in [-0.05, 0) is 69.9 Å². The number of carbonyl (C=O) groups is 1. The summed E-state index contributed by atoms with van der Waals surface area (Å²) in [5.74, 6) is 0.235. The molecule has 5 nitrogen and oxygen atoms in total. The second-order valence-electron chi connectivity index (χ2n) is 7.42. The van der Waals surface area contributed by atoms with E-state index in [2.05, 4.69) is 16.8 Å². The number of nitrogens with zero attached hydrogens (tertiary/aromatic N) is 3. The van der Waals surface area contributed by atoms with Crippen LogP contribution in [0, 0.1) is 5.82 Å². The van der Waals surface area contributed by atoms with Crippen LogP contribution in [0.5, 0.6) is 5.75 Å². The molecule has 0 aliphatic heterocycles. The highest BCUT2D eigenvalue weighted by molar-refractivity contribution is 7.22. The highest BCUT2D eigenvalue weighted by Gasteiger charge is 2.22. The number of aromatic nitrogens is 1. The van der Waals surface area contributed by atoms with Crippen LogP contribution in [0.1, 0.15) is 36.5 Å². The normalized spacial score (nSPS) is 11.2. The molecule has 0 aliphatic rings. The van der Waals surface area contributed by atoms with Gasteiger partial charge in [0.1, 0.15) is 17.1 Å². The lowest BCUT2D eigenvalue weighted by molar-refractivity contribution is 0.0986. The van der Waals surface area contributed by atoms with E-state index in [-0.39, 0.29) is 11.7 Å². The maximum Gasteiger partial charge on any atom is 0.260 e. The number of thiazole rings is 1. The van der Waals surface area contributed by atoms with E-state index in [0.29, 0.717) is 29.4 Å². The van der Waals surface area contributed by atoms with Crippen molar-refractivity contribution >= 4 is 32.6 Å². The Kier molecular flexibility index (Phi) is 7.76. The molecule has 30 heavy (non-hydrogen) atoms. The third kappa shape index (κ3) is 5.55. The van der Waals surface area contributed by atoms with Crippen LogP contribution in [0.4, 0.5) is 9.52 Å². The number of carbonyl (C=O) groups excluding carboxylic acids is 1. The lowest BCUT2D eigenvalue weighted by atomic mass is 10.2. The first kappa shape index (κ1) is 22.2. The van der Waals surface area contributed by atoms with Gasteiger partial charge < -0.3 is 9.64 Å². The molecule has 0 fully saturated rings. The molecule has 3 aromatic rings. The van der Waals surface area contributed by atoms with Crippen molar-refractivity contribution in [2.75, 3.05) is 38.7 Å². The van der Waals surface area contributed by atoms with E-state index in [1.165, 1.54) is 17.4 Å². The summed E-state index contributed by atoms with van der Waals surface area (Å²) < 4.78 is 20.6. The molecule has 0 unspecified atom stereocenters. The monoisotopic (exact) mass is 429 g/mol. The van der Waals surface area contributed by atoms with Crippen molar-refractivity contribution in [2.24, 2.45) is 0 Å². The van der Waals surface area contributed by atoms with Gasteiger partial charge in [0.15, 0.2) is 5.13 Å². The number of hydrogen-bond donors (Lipinski definition) is 0. The maximum atomic E-state index is 14.1. The highest BCUT2D eigenvalue weighted by atomic mass is 32.1. The summed E-state index contributed by atoms with van der Waals surface area (Å²) in [6.07, 6.45) is 2.85. The molecule has 7 heteroatoms. The molecule has 1 amide bonds. The smallest absolute Gasteiger partial charge is 0.260 e. The summed E-state index contributed by atoms with van der Waals surface area (Å²) in [6.45, 7) is 4.13. The molecule has 0 N–H and O–H groups in total. The summed E-state index contributed by atoms with van der Waals surface area (Å²) in [6, 6.07) is 12.1. The fourth-order valence-electron chi connectivity index (χ4n) is 3.03. The molecule has 0 atom stereocenters. The van der Waals surface area contributed by atoms with Crippen LogP contribution in [0.2, 0.25) is 0 Å². The van der Waals surface area contributed by atoms with Crippen molar-refractivity contribution < 1.29 is 13.9 Å². The number of amides is 1. The molecule has 0 saturated heterocycles. The largest absolute Gasteiger partial charge is 0.494 e. The molecule has 0 bridgehead atoms. The number of ether oxygens (including phenoxy) is 1. The minimum absolute atomic E-state index is 0.145. The molecule has 1 heterocycles. The molecule has 0 spiro atoms. The van der Waals surface area contributed by atoms with E-state index in [1.807, 2.05) is 32.3 Å². The first-order valence-electron chi connectivity index (χ1n) is 10.2. The summed E-state index contributed by atoms with van der Waals surface area (Å²) in [5.41, 5.74) is 0.866. The van der Waals surface area contributed by atoms with Crippen molar-refractivity contribution in [2.45, 2.75) is 26.2 Å². The summed E-state index contributed by atoms with van der Waals surface area (Å²) in [5, 5.41) is 0.516. The zero-order valence-electron chi connectivity index (χ0n) is 17.7. The SMILES string of the molecule is CCCCOc1ccc(C(=O)N(CCCN(C)C)c2nc3c(F)cccc3s2)cc1. The molecule has 3 rings (SSSR count). The lowest BCUT2D eigenvalue weighted by Crippen LogP contribution is -2.33. The van der Waals surface area contributed by atoms with E-state index in [0.717, 1.165) is 36.3 Å². The van der Waals surface area contributed by atoms with Crippen molar-refractivity contribution in [1.82, 2.24) is 9.88 Å². The number of hydrogen-bond acceptors (Lipinski definition) is 5. The number of benzene rings is 2. The van der Waals surface area contributed by atoms with E-state index in [4.69, 9.17) is 4.74 Å². The Balaban J connectivity index is 1.83. The van der Waals surface area contributed by atoms with Crippen molar-refractivity contribution in [3.8, 4) is 5.75 Å². The number of unbranched alkanes of at least 4 members (excludes halogenated alkanes) is 1. The van der Waals surface area contributed by atoms with Crippen LogP contribution < -0.4 is 9.64 Å². The fraction of sp³-hybridized carbons (Fsp3) is 0.391. The molecule has 0 aliphatic carbocycles. The number of para-hydroxylation sites is 1. The maximum absolute atomic E-state index is 14.1. The predicted molar refractivity (Wildman–Crippen MR) is 121 cm³/mol. The molecule has 2 aromatic carbocycles. The van der Waals surface area contributed by atoms with Crippen LogP contribution in [0.3, 0.4) is 0 Å². The first-order valence-corrected chi connectivity index (χ1v) is 11.1. The standard InChI is InChI=1S/C23H28FN3O2S/c1-4-5-16-29-18-12-10-17(11-13-18)22(28)27(15-7-14-26(2)3)23-25-21-19(24)8-6-9-20(21)30-23/h6,8-13H,4-5,7,14-16H2,1-3H3. The second-order valence-corrected chi connectivity index (χ2v) is 8.43. The minimum atomic E-state index is -0.371. The molecule has 160 valence electrons. The Morgan fingerprint density at radius 1 is 1.10 bits per heavy atom. The Bertz CT molecular complexity index is 972. The third-order valence-corrected chi connectivity index (χ3v) is 5.73. The average Bonchev–Trinajstić information content (AvgIpc) is 3.17. The van der Waals surface area contributed by atoms with Crippen LogP contribution >= 0.6 is 11.3 Å². The van der Waals surface area contributed by atoms with E-state index in [1.54, 1.807) is 23.1 Å². The lowest BCUT2D eigenvalue weighted by Gasteiger charge is -2.21. The van der Waals surface area contributed by atoms with Crippen LogP contribution in [0.15, 0.2) is 42.5 Å². The average molecular weight is 430 g/mol. The third-order valence-electron chi connectivity index (χ3n) is 4.69. The zero-order chi connectivity index (χ0) is 21.5.